The maximum absolute atomic E-state index is 13.7. The van der Waals surface area contributed by atoms with Gasteiger partial charge in [-0.2, -0.15) is 4.98 Å². The van der Waals surface area contributed by atoms with E-state index in [-0.39, 0.29) is 40.4 Å². The van der Waals surface area contributed by atoms with Crippen molar-refractivity contribution in [2.24, 2.45) is 0 Å². The quantitative estimate of drug-likeness (QED) is 0.128. The summed E-state index contributed by atoms with van der Waals surface area (Å²) in [6.45, 7) is 3.73. The van der Waals surface area contributed by atoms with Crippen LogP contribution < -0.4 is 24.0 Å². The van der Waals surface area contributed by atoms with Gasteiger partial charge in [0.25, 0.3) is 10.0 Å². The molecule has 0 atom stereocenters. The number of ether oxygens (including phenoxy) is 2. The number of sulfonamides is 1. The number of H-pyrrole nitrogens is 1. The number of aromatic amines is 1. The fourth-order valence-corrected chi connectivity index (χ4v) is 5.48. The zero-order valence-electron chi connectivity index (χ0n) is 26.7. The van der Waals surface area contributed by atoms with Gasteiger partial charge in [-0.1, -0.05) is 35.9 Å². The van der Waals surface area contributed by atoms with Gasteiger partial charge in [0.2, 0.25) is 5.75 Å². The standard InChI is InChI=1S/C32H28N10O7S/c1-4-42(26-11-7-8-17-34-26)32(43)49-48-31-27(47-25-10-6-5-9-24(25)46-3)30(39-50(44,45)22-14-12-20(2)13-15-22)35-28(36-31)21-16-18-33-23(19-21)29-37-40-41-38-29/h5-19H,4H2,1-3H3,(H,35,36,39)(H,37,38,40,41). The topological polar surface area (TPSA) is 209 Å². The fourth-order valence-electron chi connectivity index (χ4n) is 4.48. The molecule has 50 heavy (non-hydrogen) atoms. The molecule has 1 amide bonds. The molecule has 18 heteroatoms. The summed E-state index contributed by atoms with van der Waals surface area (Å²) in [4.78, 5) is 42.7. The molecule has 0 saturated heterocycles. The van der Waals surface area contributed by atoms with Crippen molar-refractivity contribution in [3.63, 3.8) is 0 Å². The van der Waals surface area contributed by atoms with Crippen LogP contribution in [0.3, 0.4) is 0 Å². The predicted octanol–water partition coefficient (Wildman–Crippen LogP) is 4.98. The summed E-state index contributed by atoms with van der Waals surface area (Å²) >= 11 is 0. The van der Waals surface area contributed by atoms with Gasteiger partial charge in [0.05, 0.1) is 12.0 Å². The number of anilines is 2. The SMILES string of the molecule is CCN(C(=O)OOc1nc(-c2ccnc(-c3nnn[nH]3)c2)nc(NS(=O)(=O)c2ccc(C)cc2)c1Oc1ccccc1OC)c1ccccn1. The van der Waals surface area contributed by atoms with Crippen molar-refractivity contribution in [1.29, 1.82) is 0 Å². The lowest BCUT2D eigenvalue weighted by Crippen LogP contribution is -2.33. The molecule has 0 spiro atoms. The smallest absolute Gasteiger partial charge is 0.458 e. The number of nitrogens with zero attached hydrogens (tertiary/aromatic N) is 8. The number of methoxy groups -OCH3 is 1. The molecule has 0 radical (unpaired) electrons. The van der Waals surface area contributed by atoms with E-state index in [0.29, 0.717) is 22.8 Å². The first-order chi connectivity index (χ1) is 24.3. The molecule has 2 aromatic carbocycles. The molecular weight excluding hydrogens is 668 g/mol. The third-order valence-corrected chi connectivity index (χ3v) is 8.29. The van der Waals surface area contributed by atoms with Gasteiger partial charge >= 0.3 is 12.0 Å². The Labute approximate surface area is 285 Å². The first kappa shape index (κ1) is 33.2. The molecule has 254 valence electrons. The van der Waals surface area contributed by atoms with Gasteiger partial charge in [0.15, 0.2) is 29.0 Å². The zero-order chi connectivity index (χ0) is 35.1. The molecule has 0 aliphatic heterocycles. The number of para-hydroxylation sites is 2. The molecule has 0 aliphatic rings. The van der Waals surface area contributed by atoms with Crippen LogP contribution in [0.1, 0.15) is 12.5 Å². The zero-order valence-corrected chi connectivity index (χ0v) is 27.5. The summed E-state index contributed by atoms with van der Waals surface area (Å²) in [5, 5.41) is 13.7. The second-order valence-electron chi connectivity index (χ2n) is 10.2. The summed E-state index contributed by atoms with van der Waals surface area (Å²) in [6.07, 6.45) is 2.03. The molecule has 2 N–H and O–H groups in total. The van der Waals surface area contributed by atoms with Crippen molar-refractivity contribution >= 4 is 27.8 Å². The third kappa shape index (κ3) is 7.39. The average molecular weight is 697 g/mol. The lowest BCUT2D eigenvalue weighted by molar-refractivity contribution is -0.144. The van der Waals surface area contributed by atoms with Gasteiger partial charge in [-0.25, -0.2) is 33.2 Å². The summed E-state index contributed by atoms with van der Waals surface area (Å²) in [6, 6.07) is 20.9. The lowest BCUT2D eigenvalue weighted by atomic mass is 10.2. The molecule has 0 saturated carbocycles. The Morgan fingerprint density at radius 2 is 1.72 bits per heavy atom. The number of benzene rings is 2. The van der Waals surface area contributed by atoms with Crippen molar-refractivity contribution in [2.75, 3.05) is 23.3 Å². The number of aromatic nitrogens is 8. The Kier molecular flexibility index (Phi) is 9.70. The summed E-state index contributed by atoms with van der Waals surface area (Å²) in [7, 11) is -2.85. The normalized spacial score (nSPS) is 11.0. The van der Waals surface area contributed by atoms with Gasteiger partial charge in [-0.3, -0.25) is 19.5 Å². The van der Waals surface area contributed by atoms with Crippen molar-refractivity contribution in [3.8, 4) is 46.0 Å². The van der Waals surface area contributed by atoms with E-state index in [2.05, 4.69) is 45.3 Å². The predicted molar refractivity (Wildman–Crippen MR) is 178 cm³/mol. The third-order valence-electron chi connectivity index (χ3n) is 6.94. The number of amides is 1. The number of rotatable bonds is 12. The van der Waals surface area contributed by atoms with E-state index < -0.39 is 22.0 Å². The van der Waals surface area contributed by atoms with Crippen LogP contribution in [-0.4, -0.2) is 68.7 Å². The monoisotopic (exact) mass is 696 g/mol. The van der Waals surface area contributed by atoms with E-state index >= 15 is 0 Å². The van der Waals surface area contributed by atoms with E-state index in [0.717, 1.165) is 5.56 Å². The van der Waals surface area contributed by atoms with E-state index in [1.807, 2.05) is 6.92 Å². The first-order valence-electron chi connectivity index (χ1n) is 14.9. The summed E-state index contributed by atoms with van der Waals surface area (Å²) in [5.74, 6) is -0.255. The highest BCUT2D eigenvalue weighted by molar-refractivity contribution is 7.92. The number of carbonyl (C=O) groups excluding carboxylic acids is 1. The van der Waals surface area contributed by atoms with Crippen LogP contribution >= 0.6 is 0 Å². The van der Waals surface area contributed by atoms with Crippen LogP contribution in [0.5, 0.6) is 23.1 Å². The molecular formula is C32H28N10O7S. The fraction of sp³-hybridized carbons (Fsp3) is 0.125. The van der Waals surface area contributed by atoms with Crippen molar-refractivity contribution in [2.45, 2.75) is 18.7 Å². The number of nitrogens with one attached hydrogen (secondary N) is 2. The number of carbonyl (C=O) groups is 1. The van der Waals surface area contributed by atoms with Crippen molar-refractivity contribution < 1.29 is 32.5 Å². The minimum absolute atomic E-state index is 0.0571. The van der Waals surface area contributed by atoms with Gasteiger partial charge < -0.3 is 9.47 Å². The number of hydrogen-bond donors (Lipinski definition) is 2. The molecule has 17 nitrogen and oxygen atoms in total. The van der Waals surface area contributed by atoms with Crippen molar-refractivity contribution in [3.05, 3.63) is 96.8 Å². The molecule has 0 bridgehead atoms. The summed E-state index contributed by atoms with van der Waals surface area (Å²) in [5.41, 5.74) is 1.52. The molecule has 6 aromatic rings. The van der Waals surface area contributed by atoms with E-state index in [1.165, 1.54) is 36.5 Å². The number of tetrazole rings is 1. The summed E-state index contributed by atoms with van der Waals surface area (Å²) < 4.78 is 41.6. The van der Waals surface area contributed by atoms with Gasteiger partial charge in [-0.05, 0) is 72.8 Å². The number of hydrogen-bond acceptors (Lipinski definition) is 14. The van der Waals surface area contributed by atoms with Gasteiger partial charge in [0.1, 0.15) is 11.5 Å². The van der Waals surface area contributed by atoms with Crippen molar-refractivity contribution in [1.82, 2.24) is 40.6 Å². The average Bonchev–Trinajstić information content (AvgIpc) is 3.68. The minimum atomic E-state index is -4.28. The Morgan fingerprint density at radius 1 is 0.940 bits per heavy atom. The maximum atomic E-state index is 13.7. The van der Waals surface area contributed by atoms with Crippen LogP contribution in [0.2, 0.25) is 0 Å². The molecule has 0 fully saturated rings. The second kappa shape index (κ2) is 14.6. The molecule has 0 aliphatic carbocycles. The Bertz CT molecular complexity index is 2210. The Balaban J connectivity index is 1.49. The highest BCUT2D eigenvalue weighted by Gasteiger charge is 2.28. The van der Waals surface area contributed by atoms with Gasteiger partial charge in [-0.15, -0.1) is 5.10 Å². The van der Waals surface area contributed by atoms with Crippen LogP contribution in [0.15, 0.2) is 96.2 Å². The highest BCUT2D eigenvalue weighted by Crippen LogP contribution is 2.42. The largest absolute Gasteiger partial charge is 0.493 e. The van der Waals surface area contributed by atoms with Gasteiger partial charge in [0, 0.05) is 24.5 Å². The van der Waals surface area contributed by atoms with Crippen LogP contribution in [0, 0.1) is 6.92 Å². The Hall–Kier alpha value is -6.69. The molecule has 6 rings (SSSR count). The van der Waals surface area contributed by atoms with E-state index in [9.17, 15) is 13.2 Å². The number of aryl methyl sites for hydroxylation is 1. The van der Waals surface area contributed by atoms with Crippen LogP contribution in [0.4, 0.5) is 16.4 Å². The van der Waals surface area contributed by atoms with Crippen LogP contribution in [-0.2, 0) is 14.9 Å². The molecule has 4 heterocycles. The van der Waals surface area contributed by atoms with E-state index in [4.69, 9.17) is 19.2 Å². The second-order valence-corrected chi connectivity index (χ2v) is 11.9. The Morgan fingerprint density at radius 3 is 2.42 bits per heavy atom. The lowest BCUT2D eigenvalue weighted by Gasteiger charge is -2.20. The first-order valence-corrected chi connectivity index (χ1v) is 16.3. The molecule has 4 aromatic heterocycles. The minimum Gasteiger partial charge on any atom is -0.493 e. The molecule has 0 unspecified atom stereocenters. The highest BCUT2D eigenvalue weighted by atomic mass is 32.2. The number of pyridine rings is 2. The van der Waals surface area contributed by atoms with Crippen LogP contribution in [0.25, 0.3) is 22.9 Å². The van der Waals surface area contributed by atoms with E-state index in [1.54, 1.807) is 73.7 Å². The maximum Gasteiger partial charge on any atom is 0.458 e.